The summed E-state index contributed by atoms with van der Waals surface area (Å²) in [5.74, 6) is 0.604. The minimum absolute atomic E-state index is 0.233. The average molecular weight is 363 g/mol. The molecule has 1 N–H and O–H groups in total. The van der Waals surface area contributed by atoms with E-state index in [4.69, 9.17) is 0 Å². The lowest BCUT2D eigenvalue weighted by Crippen LogP contribution is -2.05. The molecule has 0 aliphatic carbocycles. The third-order valence-corrected chi connectivity index (χ3v) is 5.19. The molecule has 2 heterocycles. The van der Waals surface area contributed by atoms with Gasteiger partial charge in [-0.2, -0.15) is 0 Å². The highest BCUT2D eigenvalue weighted by molar-refractivity contribution is 7.17. The predicted molar refractivity (Wildman–Crippen MR) is 106 cm³/mol. The predicted octanol–water partition coefficient (Wildman–Crippen LogP) is 5.54. The third-order valence-electron chi connectivity index (χ3n) is 4.30. The lowest BCUT2D eigenvalue weighted by Gasteiger charge is -2.08. The number of nitrogens with zero attached hydrogens (tertiary/aromatic N) is 2. The molecule has 0 saturated carbocycles. The Morgan fingerprint density at radius 3 is 2.58 bits per heavy atom. The zero-order valence-electron chi connectivity index (χ0n) is 14.2. The first-order valence-corrected chi connectivity index (χ1v) is 9.45. The number of thiophene rings is 1. The Bertz CT molecular complexity index is 997. The van der Waals surface area contributed by atoms with E-state index >= 15 is 0 Å². The molecule has 2 aromatic heterocycles. The van der Waals surface area contributed by atoms with Gasteiger partial charge in [-0.05, 0) is 36.1 Å². The number of rotatable bonds is 6. The summed E-state index contributed by atoms with van der Waals surface area (Å²) in [6, 6.07) is 17.0. The molecule has 0 radical (unpaired) electrons. The van der Waals surface area contributed by atoms with Crippen molar-refractivity contribution < 1.29 is 4.39 Å². The van der Waals surface area contributed by atoms with Gasteiger partial charge in [0.2, 0.25) is 0 Å². The van der Waals surface area contributed by atoms with Crippen LogP contribution in [0.25, 0.3) is 21.3 Å². The van der Waals surface area contributed by atoms with Gasteiger partial charge in [-0.3, -0.25) is 0 Å². The summed E-state index contributed by atoms with van der Waals surface area (Å²) in [7, 11) is 0. The first kappa shape index (κ1) is 16.7. The number of halogens is 1. The van der Waals surface area contributed by atoms with E-state index in [1.54, 1.807) is 29.8 Å². The minimum atomic E-state index is -0.233. The van der Waals surface area contributed by atoms with Gasteiger partial charge in [0.25, 0.3) is 0 Å². The average Bonchev–Trinajstić information content (AvgIpc) is 3.12. The first-order chi connectivity index (χ1) is 12.8. The highest BCUT2D eigenvalue weighted by Gasteiger charge is 2.13. The van der Waals surface area contributed by atoms with Gasteiger partial charge in [0.05, 0.1) is 5.39 Å². The van der Waals surface area contributed by atoms with Crippen molar-refractivity contribution in [1.29, 1.82) is 0 Å². The smallest absolute Gasteiger partial charge is 0.138 e. The Morgan fingerprint density at radius 2 is 1.77 bits per heavy atom. The molecule has 0 aliphatic heterocycles. The molecular weight excluding hydrogens is 345 g/mol. The van der Waals surface area contributed by atoms with Crippen LogP contribution in [0, 0.1) is 5.82 Å². The summed E-state index contributed by atoms with van der Waals surface area (Å²) in [6.45, 7) is 0.833. The van der Waals surface area contributed by atoms with Crippen molar-refractivity contribution in [1.82, 2.24) is 9.97 Å². The van der Waals surface area contributed by atoms with Gasteiger partial charge in [0, 0.05) is 17.5 Å². The van der Waals surface area contributed by atoms with Crippen molar-refractivity contribution in [3.05, 3.63) is 77.7 Å². The Labute approximate surface area is 155 Å². The second-order valence-electron chi connectivity index (χ2n) is 6.07. The summed E-state index contributed by atoms with van der Waals surface area (Å²) in [6.07, 6.45) is 3.63. The van der Waals surface area contributed by atoms with Crippen molar-refractivity contribution in [3.8, 4) is 11.1 Å². The van der Waals surface area contributed by atoms with Crippen LogP contribution in [0.3, 0.4) is 0 Å². The molecule has 0 spiro atoms. The summed E-state index contributed by atoms with van der Waals surface area (Å²) in [5, 5.41) is 6.51. The minimum Gasteiger partial charge on any atom is -0.369 e. The molecule has 0 unspecified atom stereocenters. The lowest BCUT2D eigenvalue weighted by molar-refractivity contribution is 0.628. The summed E-state index contributed by atoms with van der Waals surface area (Å²) >= 11 is 1.58. The highest BCUT2D eigenvalue weighted by atomic mass is 32.1. The Morgan fingerprint density at radius 1 is 0.962 bits per heavy atom. The second-order valence-corrected chi connectivity index (χ2v) is 6.93. The fourth-order valence-corrected chi connectivity index (χ4v) is 3.91. The van der Waals surface area contributed by atoms with Gasteiger partial charge in [-0.1, -0.05) is 42.5 Å². The van der Waals surface area contributed by atoms with Gasteiger partial charge in [-0.25, -0.2) is 14.4 Å². The van der Waals surface area contributed by atoms with Gasteiger partial charge in [0.1, 0.15) is 22.8 Å². The van der Waals surface area contributed by atoms with Gasteiger partial charge < -0.3 is 5.32 Å². The van der Waals surface area contributed by atoms with Crippen molar-refractivity contribution in [2.24, 2.45) is 0 Å². The van der Waals surface area contributed by atoms with Gasteiger partial charge in [-0.15, -0.1) is 11.3 Å². The number of aromatic nitrogens is 2. The van der Waals surface area contributed by atoms with Crippen LogP contribution < -0.4 is 5.32 Å². The Balaban J connectivity index is 1.53. The van der Waals surface area contributed by atoms with Crippen LogP contribution in [0.1, 0.15) is 12.0 Å². The quantitative estimate of drug-likeness (QED) is 0.457. The molecule has 3 nitrogen and oxygen atoms in total. The van der Waals surface area contributed by atoms with Gasteiger partial charge >= 0.3 is 0 Å². The molecule has 0 aliphatic rings. The largest absolute Gasteiger partial charge is 0.369 e. The van der Waals surface area contributed by atoms with Crippen LogP contribution in [0.15, 0.2) is 66.3 Å². The molecular formula is C21H18FN3S. The van der Waals surface area contributed by atoms with Crippen molar-refractivity contribution in [3.63, 3.8) is 0 Å². The molecule has 4 aromatic rings. The number of anilines is 1. The molecule has 2 aromatic carbocycles. The topological polar surface area (TPSA) is 37.8 Å². The fraction of sp³-hybridized carbons (Fsp3) is 0.143. The first-order valence-electron chi connectivity index (χ1n) is 8.57. The maximum atomic E-state index is 13.2. The van der Waals surface area contributed by atoms with Gasteiger partial charge in [0.15, 0.2) is 0 Å². The van der Waals surface area contributed by atoms with Crippen LogP contribution >= 0.6 is 11.3 Å². The van der Waals surface area contributed by atoms with Crippen LogP contribution in [-0.4, -0.2) is 16.5 Å². The lowest BCUT2D eigenvalue weighted by atomic mass is 10.1. The van der Waals surface area contributed by atoms with Crippen molar-refractivity contribution in [2.45, 2.75) is 12.8 Å². The van der Waals surface area contributed by atoms with E-state index < -0.39 is 0 Å². The van der Waals surface area contributed by atoms with E-state index in [1.165, 1.54) is 17.7 Å². The highest BCUT2D eigenvalue weighted by Crippen LogP contribution is 2.36. The van der Waals surface area contributed by atoms with Crippen molar-refractivity contribution in [2.75, 3.05) is 11.9 Å². The van der Waals surface area contributed by atoms with Crippen LogP contribution in [0.4, 0.5) is 10.2 Å². The maximum Gasteiger partial charge on any atom is 0.138 e. The van der Waals surface area contributed by atoms with E-state index in [0.29, 0.717) is 0 Å². The molecule has 0 amide bonds. The molecule has 0 atom stereocenters. The van der Waals surface area contributed by atoms with Crippen LogP contribution in [0.5, 0.6) is 0 Å². The van der Waals surface area contributed by atoms with E-state index in [1.807, 2.05) is 6.07 Å². The normalized spacial score (nSPS) is 11.0. The SMILES string of the molecule is Fc1ccc(-c2csc3ncnc(NCCCc4ccccc4)c23)cc1. The van der Waals surface area contributed by atoms with E-state index in [0.717, 1.165) is 46.5 Å². The van der Waals surface area contributed by atoms with Crippen molar-refractivity contribution >= 4 is 27.4 Å². The number of hydrogen-bond acceptors (Lipinski definition) is 4. The molecule has 5 heteroatoms. The molecule has 0 fully saturated rings. The summed E-state index contributed by atoms with van der Waals surface area (Å²) in [5.41, 5.74) is 3.35. The number of fused-ring (bicyclic) bond motifs is 1. The van der Waals surface area contributed by atoms with Crippen LogP contribution in [-0.2, 0) is 6.42 Å². The second kappa shape index (κ2) is 7.62. The zero-order chi connectivity index (χ0) is 17.8. The number of hydrogen-bond donors (Lipinski definition) is 1. The standard InChI is InChI=1S/C21H18FN3S/c22-17-10-8-16(9-11-17)18-13-26-21-19(18)20(24-14-25-21)23-12-4-7-15-5-2-1-3-6-15/h1-3,5-6,8-11,13-14H,4,7,12H2,(H,23,24,25). The van der Waals surface area contributed by atoms with E-state index in [-0.39, 0.29) is 5.82 Å². The van der Waals surface area contributed by atoms with E-state index in [9.17, 15) is 4.39 Å². The molecule has 0 bridgehead atoms. The molecule has 4 rings (SSSR count). The number of nitrogens with one attached hydrogen (secondary N) is 1. The monoisotopic (exact) mass is 363 g/mol. The van der Waals surface area contributed by atoms with E-state index in [2.05, 4.69) is 44.9 Å². The Kier molecular flexibility index (Phi) is 4.88. The molecule has 0 saturated heterocycles. The zero-order valence-corrected chi connectivity index (χ0v) is 15.0. The number of benzene rings is 2. The fourth-order valence-electron chi connectivity index (χ4n) is 3.00. The third kappa shape index (κ3) is 3.58. The maximum absolute atomic E-state index is 13.2. The Hall–Kier alpha value is -2.79. The molecule has 26 heavy (non-hydrogen) atoms. The summed E-state index contributed by atoms with van der Waals surface area (Å²) < 4.78 is 13.2. The number of aryl methyl sites for hydroxylation is 1. The summed E-state index contributed by atoms with van der Waals surface area (Å²) in [4.78, 5) is 9.75. The molecule has 130 valence electrons. The van der Waals surface area contributed by atoms with Crippen LogP contribution in [0.2, 0.25) is 0 Å².